The number of nitrogens with zero attached hydrogens (tertiary/aromatic N) is 4. The van der Waals surface area contributed by atoms with E-state index in [2.05, 4.69) is 38.8 Å². The number of benzene rings is 1. The quantitative estimate of drug-likeness (QED) is 0.507. The van der Waals surface area contributed by atoms with Gasteiger partial charge in [0.1, 0.15) is 0 Å². The summed E-state index contributed by atoms with van der Waals surface area (Å²) in [6.45, 7) is 11.3. The zero-order valence-electron chi connectivity index (χ0n) is 17.9. The molecule has 162 valence electrons. The maximum Gasteiger partial charge on any atom is 0.237 e. The molecule has 1 saturated heterocycles. The van der Waals surface area contributed by atoms with Crippen molar-refractivity contribution in [3.05, 3.63) is 29.8 Å². The highest BCUT2D eigenvalue weighted by Crippen LogP contribution is 2.28. The molecule has 30 heavy (non-hydrogen) atoms. The number of hydrogen-bond donors (Lipinski definition) is 1. The summed E-state index contributed by atoms with van der Waals surface area (Å²) in [5.41, 5.74) is 1.03. The molecule has 0 spiro atoms. The Morgan fingerprint density at radius 1 is 1.17 bits per heavy atom. The Balaban J connectivity index is 1.75. The molecule has 1 amide bonds. The topological polar surface area (TPSA) is 89.3 Å². The van der Waals surface area contributed by atoms with E-state index < -0.39 is 5.25 Å². The van der Waals surface area contributed by atoms with Crippen molar-refractivity contribution in [3.8, 4) is 0 Å². The van der Waals surface area contributed by atoms with Gasteiger partial charge in [-0.2, -0.15) is 0 Å². The van der Waals surface area contributed by atoms with Crippen LogP contribution in [0.3, 0.4) is 0 Å². The smallest absolute Gasteiger partial charge is 0.237 e. The van der Waals surface area contributed by atoms with E-state index in [1.165, 1.54) is 18.7 Å². The van der Waals surface area contributed by atoms with Crippen molar-refractivity contribution < 1.29 is 14.3 Å². The number of amides is 1. The minimum atomic E-state index is -0.405. The van der Waals surface area contributed by atoms with Crippen molar-refractivity contribution in [2.24, 2.45) is 5.92 Å². The average molecular weight is 432 g/mol. The summed E-state index contributed by atoms with van der Waals surface area (Å²) in [5.74, 6) is 0.967. The molecule has 1 unspecified atom stereocenters. The van der Waals surface area contributed by atoms with Gasteiger partial charge in [-0.15, -0.1) is 10.2 Å². The van der Waals surface area contributed by atoms with Gasteiger partial charge in [0.2, 0.25) is 11.9 Å². The third-order valence-corrected chi connectivity index (χ3v) is 5.84. The average Bonchev–Trinajstić information content (AvgIpc) is 3.10. The van der Waals surface area contributed by atoms with Gasteiger partial charge in [0, 0.05) is 25.2 Å². The first-order chi connectivity index (χ1) is 14.4. The van der Waals surface area contributed by atoms with E-state index in [4.69, 9.17) is 4.74 Å². The van der Waals surface area contributed by atoms with Gasteiger partial charge in [-0.05, 0) is 31.9 Å². The largest absolute Gasteiger partial charge is 0.378 e. The lowest BCUT2D eigenvalue weighted by Gasteiger charge is -2.28. The van der Waals surface area contributed by atoms with E-state index in [0.29, 0.717) is 35.5 Å². The van der Waals surface area contributed by atoms with Crippen LogP contribution in [0.1, 0.15) is 38.1 Å². The molecule has 0 aliphatic carbocycles. The number of morpholine rings is 1. The molecule has 2 heterocycles. The molecule has 1 N–H and O–H groups in total. The molecule has 0 bridgehead atoms. The molecule has 1 fully saturated rings. The maximum atomic E-state index is 12.8. The molecule has 3 rings (SSSR count). The van der Waals surface area contributed by atoms with Gasteiger partial charge in [0.05, 0.1) is 24.2 Å². The van der Waals surface area contributed by atoms with E-state index in [-0.39, 0.29) is 11.7 Å². The second-order valence-electron chi connectivity index (χ2n) is 7.74. The number of aromatic nitrogens is 3. The molecule has 1 aliphatic rings. The van der Waals surface area contributed by atoms with Crippen molar-refractivity contribution in [3.63, 3.8) is 0 Å². The summed E-state index contributed by atoms with van der Waals surface area (Å²) < 4.78 is 7.54. The third-order valence-electron chi connectivity index (χ3n) is 4.75. The third kappa shape index (κ3) is 5.40. The molecular weight excluding hydrogens is 402 g/mol. The van der Waals surface area contributed by atoms with Crippen LogP contribution in [-0.2, 0) is 16.1 Å². The van der Waals surface area contributed by atoms with E-state index in [9.17, 15) is 9.59 Å². The standard InChI is InChI=1S/C21H29N5O3S/c1-14(2)13-26-20(25-9-11-29-12-10-25)23-24-21(26)30-16(4)19(28)22-18-8-6-5-7-17(18)15(3)27/h5-8,14,16H,9-13H2,1-4H3,(H,22,28). The highest BCUT2D eigenvalue weighted by atomic mass is 32.2. The number of thioether (sulfide) groups is 1. The van der Waals surface area contributed by atoms with Gasteiger partial charge >= 0.3 is 0 Å². The summed E-state index contributed by atoms with van der Waals surface area (Å²) >= 11 is 1.37. The molecule has 2 aromatic rings. The predicted molar refractivity (Wildman–Crippen MR) is 118 cm³/mol. The summed E-state index contributed by atoms with van der Waals surface area (Å²) in [6.07, 6.45) is 0. The van der Waals surface area contributed by atoms with Crippen LogP contribution >= 0.6 is 11.8 Å². The van der Waals surface area contributed by atoms with E-state index in [1.54, 1.807) is 24.3 Å². The molecule has 9 heteroatoms. The fraction of sp³-hybridized carbons (Fsp3) is 0.524. The number of ether oxygens (including phenoxy) is 1. The fourth-order valence-electron chi connectivity index (χ4n) is 3.24. The van der Waals surface area contributed by atoms with Gasteiger partial charge in [0.25, 0.3) is 0 Å². The van der Waals surface area contributed by atoms with Gasteiger partial charge in [-0.1, -0.05) is 37.7 Å². The molecule has 1 aliphatic heterocycles. The van der Waals surface area contributed by atoms with E-state index in [1.807, 2.05) is 6.92 Å². The number of carbonyl (C=O) groups is 2. The lowest BCUT2D eigenvalue weighted by atomic mass is 10.1. The van der Waals surface area contributed by atoms with E-state index in [0.717, 1.165) is 25.6 Å². The first kappa shape index (κ1) is 22.3. The van der Waals surface area contributed by atoms with Gasteiger partial charge < -0.3 is 15.0 Å². The van der Waals surface area contributed by atoms with Crippen LogP contribution < -0.4 is 10.2 Å². The molecule has 0 radical (unpaired) electrons. The Kier molecular flexibility index (Phi) is 7.49. The molecule has 1 aromatic heterocycles. The fourth-order valence-corrected chi connectivity index (χ4v) is 4.09. The van der Waals surface area contributed by atoms with Crippen molar-refractivity contribution >= 4 is 35.1 Å². The number of rotatable bonds is 8. The number of nitrogens with one attached hydrogen (secondary N) is 1. The van der Waals surface area contributed by atoms with Crippen LogP contribution in [0.4, 0.5) is 11.6 Å². The van der Waals surface area contributed by atoms with Crippen LogP contribution in [-0.4, -0.2) is 58.0 Å². The van der Waals surface area contributed by atoms with Crippen LogP contribution in [0.5, 0.6) is 0 Å². The number of carbonyl (C=O) groups excluding carboxylic acids is 2. The lowest BCUT2D eigenvalue weighted by Crippen LogP contribution is -2.38. The summed E-state index contributed by atoms with van der Waals surface area (Å²) in [7, 11) is 0. The Labute approximate surface area is 181 Å². The summed E-state index contributed by atoms with van der Waals surface area (Å²) in [6, 6.07) is 7.04. The van der Waals surface area contributed by atoms with Crippen molar-refractivity contribution in [2.75, 3.05) is 36.5 Å². The van der Waals surface area contributed by atoms with Crippen molar-refractivity contribution in [2.45, 2.75) is 44.6 Å². The van der Waals surface area contributed by atoms with E-state index >= 15 is 0 Å². The van der Waals surface area contributed by atoms with Crippen molar-refractivity contribution in [1.29, 1.82) is 0 Å². The van der Waals surface area contributed by atoms with Crippen molar-refractivity contribution in [1.82, 2.24) is 14.8 Å². The number of ketones is 1. The highest BCUT2D eigenvalue weighted by molar-refractivity contribution is 8.00. The predicted octanol–water partition coefficient (Wildman–Crippen LogP) is 3.09. The molecule has 0 saturated carbocycles. The lowest BCUT2D eigenvalue weighted by molar-refractivity contribution is -0.115. The van der Waals surface area contributed by atoms with Crippen LogP contribution in [0.25, 0.3) is 0 Å². The zero-order valence-corrected chi connectivity index (χ0v) is 18.7. The minimum absolute atomic E-state index is 0.0852. The maximum absolute atomic E-state index is 12.8. The monoisotopic (exact) mass is 431 g/mol. The Morgan fingerprint density at radius 3 is 2.53 bits per heavy atom. The SMILES string of the molecule is CC(=O)c1ccccc1NC(=O)C(C)Sc1nnc(N2CCOCC2)n1CC(C)C. The Bertz CT molecular complexity index is 893. The number of Topliss-reactive ketones (excluding diaryl/α,β-unsaturated/α-hetero) is 1. The molecule has 8 nitrogen and oxygen atoms in total. The Morgan fingerprint density at radius 2 is 1.87 bits per heavy atom. The molecule has 1 atom stereocenters. The zero-order chi connectivity index (χ0) is 21.7. The minimum Gasteiger partial charge on any atom is -0.378 e. The second kappa shape index (κ2) is 10.1. The first-order valence-electron chi connectivity index (χ1n) is 10.2. The highest BCUT2D eigenvalue weighted by Gasteiger charge is 2.24. The number of hydrogen-bond acceptors (Lipinski definition) is 7. The van der Waals surface area contributed by atoms with Crippen LogP contribution in [0, 0.1) is 5.92 Å². The van der Waals surface area contributed by atoms with Crippen LogP contribution in [0.2, 0.25) is 0 Å². The summed E-state index contributed by atoms with van der Waals surface area (Å²) in [5, 5.41) is 12.0. The van der Waals surface area contributed by atoms with Gasteiger partial charge in [0.15, 0.2) is 10.9 Å². The van der Waals surface area contributed by atoms with Gasteiger partial charge in [-0.25, -0.2) is 0 Å². The number of para-hydroxylation sites is 1. The first-order valence-corrected chi connectivity index (χ1v) is 11.1. The normalized spacial score (nSPS) is 15.3. The van der Waals surface area contributed by atoms with Gasteiger partial charge in [-0.3, -0.25) is 14.2 Å². The Hall–Kier alpha value is -2.39. The van der Waals surface area contributed by atoms with Crippen LogP contribution in [0.15, 0.2) is 29.4 Å². The summed E-state index contributed by atoms with van der Waals surface area (Å²) in [4.78, 5) is 26.8. The molecule has 1 aromatic carbocycles. The molecular formula is C21H29N5O3S. The second-order valence-corrected chi connectivity index (χ2v) is 9.05. The number of anilines is 2.